The van der Waals surface area contributed by atoms with Gasteiger partial charge in [-0.3, -0.25) is 19.2 Å². The molecule has 1 heterocycles. The molecule has 1 aliphatic rings. The van der Waals surface area contributed by atoms with Crippen LogP contribution < -0.4 is 5.32 Å². The summed E-state index contributed by atoms with van der Waals surface area (Å²) >= 11 is 0. The van der Waals surface area contributed by atoms with Crippen LogP contribution in [0, 0.1) is 0 Å². The fraction of sp³-hybridized carbons (Fsp3) is 0.688. The molecule has 158 valence electrons. The smallest absolute Gasteiger partial charge is 0.329 e. The summed E-state index contributed by atoms with van der Waals surface area (Å²) < 4.78 is 26.0. The zero-order valence-corrected chi connectivity index (χ0v) is 15.8. The van der Waals surface area contributed by atoms with Gasteiger partial charge in [0.1, 0.15) is 25.4 Å². The summed E-state index contributed by atoms with van der Waals surface area (Å²) in [7, 11) is 0. The lowest BCUT2D eigenvalue weighted by atomic mass is 9.96. The van der Waals surface area contributed by atoms with Gasteiger partial charge in [0.2, 0.25) is 5.91 Å². The lowest BCUT2D eigenvalue weighted by Crippen LogP contribution is -2.66. The highest BCUT2D eigenvalue weighted by Gasteiger charge is 2.51. The van der Waals surface area contributed by atoms with Crippen LogP contribution in [0.5, 0.6) is 0 Å². The number of esters is 3. The number of ether oxygens (including phenoxy) is 5. The third-order valence-corrected chi connectivity index (χ3v) is 3.44. The minimum absolute atomic E-state index is 0.398. The minimum atomic E-state index is -1.39. The van der Waals surface area contributed by atoms with Gasteiger partial charge in [0.15, 0.2) is 18.5 Å². The summed E-state index contributed by atoms with van der Waals surface area (Å²) in [6, 6.07) is -1.20. The third kappa shape index (κ3) is 7.48. The molecular formula is C16H23NO11. The highest BCUT2D eigenvalue weighted by Crippen LogP contribution is 2.27. The number of carboxylic acids is 1. The van der Waals surface area contributed by atoms with E-state index in [0.717, 1.165) is 20.8 Å². The van der Waals surface area contributed by atoms with Gasteiger partial charge in [0.25, 0.3) is 0 Å². The molecule has 0 saturated carbocycles. The monoisotopic (exact) mass is 405 g/mol. The molecule has 2 N–H and O–H groups in total. The summed E-state index contributed by atoms with van der Waals surface area (Å²) in [6.45, 7) is 3.33. The van der Waals surface area contributed by atoms with Crippen molar-refractivity contribution in [3.63, 3.8) is 0 Å². The Morgan fingerprint density at radius 1 is 0.929 bits per heavy atom. The van der Waals surface area contributed by atoms with Crippen LogP contribution in [0.4, 0.5) is 0 Å². The van der Waals surface area contributed by atoms with E-state index >= 15 is 0 Å². The first-order valence-corrected chi connectivity index (χ1v) is 8.25. The molecular weight excluding hydrogens is 382 g/mol. The highest BCUT2D eigenvalue weighted by molar-refractivity contribution is 5.74. The van der Waals surface area contributed by atoms with Crippen molar-refractivity contribution >= 4 is 29.8 Å². The molecule has 0 aliphatic carbocycles. The zero-order chi connectivity index (χ0) is 21.4. The van der Waals surface area contributed by atoms with Crippen molar-refractivity contribution in [1.29, 1.82) is 0 Å². The van der Waals surface area contributed by atoms with Crippen molar-refractivity contribution in [2.75, 3.05) is 13.2 Å². The zero-order valence-electron chi connectivity index (χ0n) is 15.8. The molecule has 1 aliphatic heterocycles. The number of aliphatic carboxylic acids is 1. The van der Waals surface area contributed by atoms with E-state index in [4.69, 9.17) is 28.8 Å². The fourth-order valence-corrected chi connectivity index (χ4v) is 2.59. The molecule has 1 fully saturated rings. The van der Waals surface area contributed by atoms with E-state index < -0.39 is 73.6 Å². The Labute approximate surface area is 160 Å². The van der Waals surface area contributed by atoms with Crippen LogP contribution in [0.1, 0.15) is 27.7 Å². The minimum Gasteiger partial charge on any atom is -0.480 e. The van der Waals surface area contributed by atoms with Crippen LogP contribution in [0.25, 0.3) is 0 Å². The topological polar surface area (TPSA) is 164 Å². The number of hydrogen-bond acceptors (Lipinski definition) is 10. The molecule has 1 rings (SSSR count). The average Bonchev–Trinajstić information content (AvgIpc) is 2.54. The molecule has 1 saturated heterocycles. The predicted octanol–water partition coefficient (Wildman–Crippen LogP) is -1.26. The van der Waals surface area contributed by atoms with E-state index in [2.05, 4.69) is 5.32 Å². The standard InChI is InChI=1S/C16H23NO11/c1-7(18)17-13-15(27-10(4)21)14(26-9(3)20)11(5-24-8(2)19)28-16(13)25-6-12(22)23/h11,13-16H,5-6H2,1-4H3,(H,17,18)(H,22,23)/t11-,13-,14+,15?,16?/m1/s1. The van der Waals surface area contributed by atoms with E-state index in [-0.39, 0.29) is 0 Å². The van der Waals surface area contributed by atoms with Crippen LogP contribution in [0.2, 0.25) is 0 Å². The van der Waals surface area contributed by atoms with Gasteiger partial charge in [-0.2, -0.15) is 0 Å². The average molecular weight is 405 g/mol. The Balaban J connectivity index is 3.26. The second-order valence-corrected chi connectivity index (χ2v) is 5.92. The molecule has 28 heavy (non-hydrogen) atoms. The van der Waals surface area contributed by atoms with Gasteiger partial charge in [0.05, 0.1) is 0 Å². The number of carbonyl (C=O) groups is 5. The van der Waals surface area contributed by atoms with Crippen LogP contribution >= 0.6 is 0 Å². The molecule has 0 bridgehead atoms. The maximum Gasteiger partial charge on any atom is 0.329 e. The second kappa shape index (κ2) is 10.6. The van der Waals surface area contributed by atoms with E-state index in [0.29, 0.717) is 0 Å². The number of carboxylic acid groups (broad SMARTS) is 1. The lowest BCUT2D eigenvalue weighted by molar-refractivity contribution is -0.277. The Kier molecular flexibility index (Phi) is 8.79. The molecule has 0 spiro atoms. The van der Waals surface area contributed by atoms with Crippen LogP contribution in [-0.4, -0.2) is 78.7 Å². The predicted molar refractivity (Wildman–Crippen MR) is 87.6 cm³/mol. The van der Waals surface area contributed by atoms with E-state index in [1.165, 1.54) is 6.92 Å². The number of nitrogens with one attached hydrogen (secondary N) is 1. The number of hydrogen-bond donors (Lipinski definition) is 2. The summed E-state index contributed by atoms with van der Waals surface area (Å²) in [4.78, 5) is 56.7. The molecule has 5 atom stereocenters. The molecule has 0 aromatic heterocycles. The molecule has 0 radical (unpaired) electrons. The fourth-order valence-electron chi connectivity index (χ4n) is 2.59. The lowest BCUT2D eigenvalue weighted by Gasteiger charge is -2.44. The summed E-state index contributed by atoms with van der Waals surface area (Å²) in [5.74, 6) is -4.03. The normalized spacial score (nSPS) is 26.6. The van der Waals surface area contributed by atoms with Gasteiger partial charge in [0, 0.05) is 27.7 Å². The SMILES string of the molecule is CC(=O)N[C@H]1C(OCC(=O)O)O[C@H](COC(C)=O)[C@H](OC(C)=O)C1OC(C)=O. The van der Waals surface area contributed by atoms with Crippen LogP contribution in [0.3, 0.4) is 0 Å². The summed E-state index contributed by atoms with van der Waals surface area (Å²) in [5.41, 5.74) is 0. The van der Waals surface area contributed by atoms with E-state index in [1.54, 1.807) is 0 Å². The maximum atomic E-state index is 11.6. The maximum absolute atomic E-state index is 11.6. The van der Waals surface area contributed by atoms with Crippen molar-refractivity contribution in [3.05, 3.63) is 0 Å². The van der Waals surface area contributed by atoms with Gasteiger partial charge >= 0.3 is 23.9 Å². The van der Waals surface area contributed by atoms with Gasteiger partial charge < -0.3 is 34.1 Å². The van der Waals surface area contributed by atoms with Crippen molar-refractivity contribution in [2.45, 2.75) is 58.3 Å². The van der Waals surface area contributed by atoms with Gasteiger partial charge in [-0.15, -0.1) is 0 Å². The summed E-state index contributed by atoms with van der Waals surface area (Å²) in [6.07, 6.45) is -5.10. The highest BCUT2D eigenvalue weighted by atomic mass is 16.7. The Hall–Kier alpha value is -2.73. The second-order valence-electron chi connectivity index (χ2n) is 5.92. The van der Waals surface area contributed by atoms with Crippen molar-refractivity contribution in [2.24, 2.45) is 0 Å². The van der Waals surface area contributed by atoms with Crippen molar-refractivity contribution < 1.29 is 52.8 Å². The first-order valence-electron chi connectivity index (χ1n) is 8.25. The Bertz CT molecular complexity index is 576. The molecule has 2 unspecified atom stereocenters. The quantitative estimate of drug-likeness (QED) is 0.366. The molecule has 12 heteroatoms. The molecule has 12 nitrogen and oxygen atoms in total. The van der Waals surface area contributed by atoms with Crippen LogP contribution in [-0.2, 0) is 47.7 Å². The van der Waals surface area contributed by atoms with Gasteiger partial charge in [-0.1, -0.05) is 0 Å². The molecule has 0 aromatic carbocycles. The first kappa shape index (κ1) is 23.3. The molecule has 1 amide bonds. The Morgan fingerprint density at radius 3 is 1.96 bits per heavy atom. The number of carbonyl (C=O) groups excluding carboxylic acids is 4. The van der Waals surface area contributed by atoms with Crippen molar-refractivity contribution in [3.8, 4) is 0 Å². The first-order chi connectivity index (χ1) is 13.0. The number of amides is 1. The van der Waals surface area contributed by atoms with E-state index in [1.807, 2.05) is 0 Å². The van der Waals surface area contributed by atoms with Crippen molar-refractivity contribution in [1.82, 2.24) is 5.32 Å². The van der Waals surface area contributed by atoms with Gasteiger partial charge in [-0.05, 0) is 0 Å². The van der Waals surface area contributed by atoms with Gasteiger partial charge in [-0.25, -0.2) is 4.79 Å². The number of rotatable bonds is 8. The summed E-state index contributed by atoms with van der Waals surface area (Å²) in [5, 5.41) is 11.3. The third-order valence-electron chi connectivity index (χ3n) is 3.44. The van der Waals surface area contributed by atoms with E-state index in [9.17, 15) is 24.0 Å². The Morgan fingerprint density at radius 2 is 1.50 bits per heavy atom. The largest absolute Gasteiger partial charge is 0.480 e. The van der Waals surface area contributed by atoms with Crippen LogP contribution in [0.15, 0.2) is 0 Å². The molecule has 0 aromatic rings.